The number of esters is 1. The summed E-state index contributed by atoms with van der Waals surface area (Å²) >= 11 is 1.39. The first-order valence-electron chi connectivity index (χ1n) is 22.3. The van der Waals surface area contributed by atoms with E-state index in [9.17, 15) is 27.6 Å². The van der Waals surface area contributed by atoms with Gasteiger partial charge in [0.2, 0.25) is 21.8 Å². The predicted molar refractivity (Wildman–Crippen MR) is 248 cm³/mol. The third-order valence-electron chi connectivity index (χ3n) is 12.6. The summed E-state index contributed by atoms with van der Waals surface area (Å²) in [5.41, 5.74) is 9.54. The van der Waals surface area contributed by atoms with Crippen LogP contribution in [0.3, 0.4) is 0 Å². The molecule has 344 valence electrons. The fourth-order valence-corrected chi connectivity index (χ4v) is 11.5. The van der Waals surface area contributed by atoms with Gasteiger partial charge in [0.15, 0.2) is 0 Å². The molecular weight excluding hydrogens is 853 g/mol. The van der Waals surface area contributed by atoms with Crippen molar-refractivity contribution in [2.24, 2.45) is 24.3 Å². The van der Waals surface area contributed by atoms with E-state index in [0.717, 1.165) is 50.1 Å². The van der Waals surface area contributed by atoms with Crippen molar-refractivity contribution >= 4 is 56.0 Å². The van der Waals surface area contributed by atoms with E-state index in [0.29, 0.717) is 37.2 Å². The monoisotopic (exact) mass is 914 g/mol. The molecule has 2 fully saturated rings. The minimum Gasteiger partial charge on any atom is -0.464 e. The number of cyclic esters (lactones) is 1. The number of hydrazine groups is 1. The van der Waals surface area contributed by atoms with Crippen molar-refractivity contribution in [2.45, 2.75) is 105 Å². The standard InChI is InChI=1S/C47H62N8O7S2/c1-10-21-64(60,61)54-20-17-31(25-54)44(57)53(9)41(29(4)5)43(56)50-36-23-39-49-37(26-63-39)30-15-16-38-33(22-30)34(42(52(38)8)32-13-11-18-48-40(32)28(2)3)24-47(6,7)27-62-46(59)35-14-12-19-55(51-35)45(36)58/h10-11,13,15-16,18,21-22,26,28-29,31,35-36,41,51H,12,14,17,19-20,23-25,27H2,1-9H3,(H,50,56)/b21-10+/t31-,35-,36-,41-/m0/s1. The third kappa shape index (κ3) is 9.68. The lowest BCUT2D eigenvalue weighted by Crippen LogP contribution is -2.62. The van der Waals surface area contributed by atoms with Crippen molar-refractivity contribution in [3.05, 3.63) is 69.7 Å². The molecule has 3 aliphatic rings. The molecule has 6 heterocycles. The Hall–Kier alpha value is -4.97. The second-order valence-corrected chi connectivity index (χ2v) is 21.6. The Morgan fingerprint density at radius 2 is 1.88 bits per heavy atom. The fourth-order valence-electron chi connectivity index (χ4n) is 9.42. The quantitative estimate of drug-likeness (QED) is 0.195. The molecule has 3 aromatic heterocycles. The second-order valence-electron chi connectivity index (χ2n) is 18.9. The largest absolute Gasteiger partial charge is 0.464 e. The lowest BCUT2D eigenvalue weighted by molar-refractivity contribution is -0.155. The van der Waals surface area contributed by atoms with Crippen LogP contribution in [0.25, 0.3) is 33.4 Å². The van der Waals surface area contributed by atoms with Gasteiger partial charge in [-0.25, -0.2) is 18.8 Å². The molecule has 0 saturated carbocycles. The zero-order valence-corrected chi connectivity index (χ0v) is 40.0. The summed E-state index contributed by atoms with van der Waals surface area (Å²) in [6, 6.07) is 7.54. The van der Waals surface area contributed by atoms with Crippen LogP contribution in [0.2, 0.25) is 0 Å². The average molecular weight is 915 g/mol. The second kappa shape index (κ2) is 18.9. The maximum Gasteiger partial charge on any atom is 0.324 e. The highest BCUT2D eigenvalue weighted by molar-refractivity contribution is 7.92. The molecule has 0 spiro atoms. The first-order chi connectivity index (χ1) is 30.3. The molecule has 0 radical (unpaired) electrons. The molecule has 15 nitrogen and oxygen atoms in total. The number of allylic oxidation sites excluding steroid dienone is 1. The van der Waals surface area contributed by atoms with Crippen LogP contribution < -0.4 is 10.7 Å². The minimum absolute atomic E-state index is 0.0146. The van der Waals surface area contributed by atoms with Gasteiger partial charge in [-0.15, -0.1) is 11.3 Å². The summed E-state index contributed by atoms with van der Waals surface area (Å²) in [4.78, 5) is 68.0. The Kier molecular flexibility index (Phi) is 13.9. The number of benzene rings is 1. The number of nitrogens with zero attached hydrogens (tertiary/aromatic N) is 6. The van der Waals surface area contributed by atoms with Gasteiger partial charge in [0, 0.05) is 84.6 Å². The summed E-state index contributed by atoms with van der Waals surface area (Å²) < 4.78 is 35.0. The average Bonchev–Trinajstić information content (AvgIpc) is 4.01. The Morgan fingerprint density at radius 1 is 1.11 bits per heavy atom. The van der Waals surface area contributed by atoms with Gasteiger partial charge < -0.3 is 19.5 Å². The van der Waals surface area contributed by atoms with Crippen LogP contribution in [0.4, 0.5) is 0 Å². The highest BCUT2D eigenvalue weighted by Gasteiger charge is 2.41. The summed E-state index contributed by atoms with van der Waals surface area (Å²) in [5, 5.41) is 9.15. The molecule has 4 atom stereocenters. The normalized spacial score (nSPS) is 21.7. The molecule has 7 rings (SSSR count). The summed E-state index contributed by atoms with van der Waals surface area (Å²) in [5.74, 6) is -2.58. The SMILES string of the molecule is C/C=C/S(=O)(=O)N1CC[C@H](C(=O)N(C)[C@H](C(=O)N[C@H]2Cc3nc(cs3)-c3ccc4c(c3)c(c(-c3cccnc3C(C)C)n4C)CC(C)(C)COC(=O)[C@@H]3CCCN(N3)C2=O)C(C)C)C1. The molecular formula is C47H62N8O7S2. The van der Waals surface area contributed by atoms with Crippen LogP contribution in [0.1, 0.15) is 89.9 Å². The molecule has 3 amide bonds. The number of thiazole rings is 1. The van der Waals surface area contributed by atoms with Crippen molar-refractivity contribution in [1.82, 2.24) is 39.5 Å². The van der Waals surface area contributed by atoms with Crippen LogP contribution in [-0.4, -0.2) is 112 Å². The number of sulfonamides is 1. The lowest BCUT2D eigenvalue weighted by atomic mass is 9.84. The van der Waals surface area contributed by atoms with E-state index < -0.39 is 57.3 Å². The summed E-state index contributed by atoms with van der Waals surface area (Å²) in [6.07, 6.45) is 5.25. The van der Waals surface area contributed by atoms with Gasteiger partial charge in [-0.1, -0.05) is 53.7 Å². The summed E-state index contributed by atoms with van der Waals surface area (Å²) in [6.45, 7) is 14.4. The Labute approximate surface area is 380 Å². The number of carbonyl (C=O) groups excluding carboxylic acids is 4. The zero-order chi connectivity index (χ0) is 46.2. The number of hydrogen-bond donors (Lipinski definition) is 2. The maximum absolute atomic E-state index is 14.6. The van der Waals surface area contributed by atoms with Crippen molar-refractivity contribution in [3.63, 3.8) is 0 Å². The zero-order valence-electron chi connectivity index (χ0n) is 38.4. The van der Waals surface area contributed by atoms with Gasteiger partial charge in [0.05, 0.1) is 34.6 Å². The first kappa shape index (κ1) is 47.0. The van der Waals surface area contributed by atoms with Gasteiger partial charge in [-0.05, 0) is 74.3 Å². The Balaban J connectivity index is 1.24. The Morgan fingerprint density at radius 3 is 2.59 bits per heavy atom. The fraction of sp³-hybridized carbons (Fsp3) is 0.532. The van der Waals surface area contributed by atoms with Crippen LogP contribution >= 0.6 is 11.3 Å². The Bertz CT molecular complexity index is 2560. The molecule has 4 aromatic rings. The number of fused-ring (bicyclic) bond motifs is 6. The number of likely N-dealkylation sites (N-methyl/N-ethyl adjacent to an activating group) is 1. The number of aryl methyl sites for hydroxylation is 1. The highest BCUT2D eigenvalue weighted by Crippen LogP contribution is 2.41. The molecule has 1 aromatic carbocycles. The molecule has 6 bridgehead atoms. The van der Waals surface area contributed by atoms with Crippen LogP contribution in [0.5, 0.6) is 0 Å². The number of carbonyl (C=O) groups is 4. The van der Waals surface area contributed by atoms with Gasteiger partial charge >= 0.3 is 5.97 Å². The number of nitrogens with one attached hydrogen (secondary N) is 2. The van der Waals surface area contributed by atoms with Gasteiger partial charge in [-0.3, -0.25) is 29.2 Å². The van der Waals surface area contributed by atoms with E-state index in [2.05, 4.69) is 68.3 Å². The van der Waals surface area contributed by atoms with Crippen LogP contribution in [0.15, 0.2) is 53.4 Å². The number of hydrogen-bond acceptors (Lipinski definition) is 11. The van der Waals surface area contributed by atoms with Crippen molar-refractivity contribution in [1.29, 1.82) is 0 Å². The molecule has 0 aliphatic carbocycles. The van der Waals surface area contributed by atoms with Gasteiger partial charge in [0.25, 0.3) is 5.91 Å². The van der Waals surface area contributed by atoms with E-state index >= 15 is 0 Å². The van der Waals surface area contributed by atoms with E-state index in [1.807, 2.05) is 37.6 Å². The van der Waals surface area contributed by atoms with E-state index in [1.54, 1.807) is 14.0 Å². The lowest BCUT2D eigenvalue weighted by Gasteiger charge is -2.36. The first-order valence-corrected chi connectivity index (χ1v) is 24.6. The highest BCUT2D eigenvalue weighted by atomic mass is 32.2. The van der Waals surface area contributed by atoms with Crippen LogP contribution in [0, 0.1) is 17.3 Å². The molecule has 2 saturated heterocycles. The molecule has 2 N–H and O–H groups in total. The van der Waals surface area contributed by atoms with Crippen molar-refractivity contribution in [3.8, 4) is 22.5 Å². The minimum atomic E-state index is -3.66. The van der Waals surface area contributed by atoms with E-state index in [1.165, 1.54) is 31.6 Å². The third-order valence-corrected chi connectivity index (χ3v) is 15.2. The van der Waals surface area contributed by atoms with E-state index in [-0.39, 0.29) is 43.9 Å². The van der Waals surface area contributed by atoms with Crippen LogP contribution in [-0.2, 0) is 53.8 Å². The number of aromatic nitrogens is 3. The molecule has 17 heteroatoms. The van der Waals surface area contributed by atoms with Gasteiger partial charge in [-0.2, -0.15) is 4.31 Å². The smallest absolute Gasteiger partial charge is 0.324 e. The maximum atomic E-state index is 14.6. The summed E-state index contributed by atoms with van der Waals surface area (Å²) in [7, 11) is -0.0348. The van der Waals surface area contributed by atoms with Crippen molar-refractivity contribution in [2.75, 3.05) is 33.3 Å². The van der Waals surface area contributed by atoms with Crippen molar-refractivity contribution < 1.29 is 32.3 Å². The number of pyridine rings is 1. The topological polar surface area (TPSA) is 176 Å². The number of amides is 3. The van der Waals surface area contributed by atoms with E-state index in [4.69, 9.17) is 14.7 Å². The predicted octanol–water partition coefficient (Wildman–Crippen LogP) is 5.80. The molecule has 3 aliphatic heterocycles. The van der Waals surface area contributed by atoms with Gasteiger partial charge in [0.1, 0.15) is 18.1 Å². The number of ether oxygens (including phenoxy) is 1. The molecule has 0 unspecified atom stereocenters. The number of rotatable bonds is 9. The molecule has 64 heavy (non-hydrogen) atoms.